The first-order chi connectivity index (χ1) is 14.1. The van der Waals surface area contributed by atoms with E-state index in [-0.39, 0.29) is 34.9 Å². The van der Waals surface area contributed by atoms with Crippen molar-refractivity contribution in [1.82, 2.24) is 9.97 Å². The molecule has 1 aromatic heterocycles. The molecule has 0 fully saturated rings. The molecule has 30 heavy (non-hydrogen) atoms. The summed E-state index contributed by atoms with van der Waals surface area (Å²) in [7, 11) is 1.24. The average Bonchev–Trinajstić information content (AvgIpc) is 2.70. The predicted octanol–water partition coefficient (Wildman–Crippen LogP) is 4.76. The first-order valence-electron chi connectivity index (χ1n) is 8.80. The number of carbonyl (C=O) groups excluding carboxylic acids is 1. The van der Waals surface area contributed by atoms with Crippen molar-refractivity contribution in [3.05, 3.63) is 40.8 Å². The normalized spacial score (nSPS) is 13.1. The van der Waals surface area contributed by atoms with Gasteiger partial charge in [0.05, 0.1) is 12.2 Å². The number of alkyl halides is 3. The number of amidine groups is 1. The Kier molecular flexibility index (Phi) is 8.08. The number of halogens is 4. The van der Waals surface area contributed by atoms with Crippen LogP contribution in [-0.2, 0) is 11.3 Å². The van der Waals surface area contributed by atoms with Crippen LogP contribution in [0.4, 0.5) is 24.7 Å². The van der Waals surface area contributed by atoms with E-state index in [1.807, 2.05) is 30.5 Å². The molecule has 0 aliphatic carbocycles. The van der Waals surface area contributed by atoms with Crippen molar-refractivity contribution < 1.29 is 18.0 Å². The highest BCUT2D eigenvalue weighted by Gasteiger charge is 2.40. The zero-order valence-corrected chi connectivity index (χ0v) is 18.4. The standard InChI is InChI=1S/C19H21ClF3N5OS/c1-11-16(17(27-18(20)25-11)28(3)12(2)19(21,22)23)26-15(10-29)24-9-13-5-7-14(30-4)8-6-13/h5-8,10,12H,9H2,1-4H3,(H,24,26)/t12-/m0/s1. The van der Waals surface area contributed by atoms with Crippen molar-refractivity contribution in [2.24, 2.45) is 4.99 Å². The number of aliphatic imine (C=N–C) groups is 1. The van der Waals surface area contributed by atoms with Gasteiger partial charge in [0.25, 0.3) is 0 Å². The molecule has 1 N–H and O–H groups in total. The van der Waals surface area contributed by atoms with Gasteiger partial charge in [-0.1, -0.05) is 12.1 Å². The smallest absolute Gasteiger partial charge is 0.346 e. The summed E-state index contributed by atoms with van der Waals surface area (Å²) in [4.78, 5) is 25.7. The van der Waals surface area contributed by atoms with E-state index in [4.69, 9.17) is 11.6 Å². The number of aryl methyl sites for hydroxylation is 1. The number of nitrogens with zero attached hydrogens (tertiary/aromatic N) is 4. The Labute approximate surface area is 182 Å². The molecule has 0 saturated heterocycles. The number of anilines is 2. The number of benzene rings is 1. The van der Waals surface area contributed by atoms with Gasteiger partial charge in [0.2, 0.25) is 5.28 Å². The summed E-state index contributed by atoms with van der Waals surface area (Å²) in [5.41, 5.74) is 1.28. The van der Waals surface area contributed by atoms with Gasteiger partial charge in [0.15, 0.2) is 17.9 Å². The van der Waals surface area contributed by atoms with Gasteiger partial charge in [0.1, 0.15) is 11.7 Å². The third kappa shape index (κ3) is 6.09. The molecule has 1 atom stereocenters. The fraction of sp³-hybridized carbons (Fsp3) is 0.368. The molecule has 0 unspecified atom stereocenters. The second-order valence-corrected chi connectivity index (χ2v) is 7.62. The highest BCUT2D eigenvalue weighted by Crippen LogP contribution is 2.33. The minimum atomic E-state index is -4.48. The zero-order chi connectivity index (χ0) is 22.5. The lowest BCUT2D eigenvalue weighted by Gasteiger charge is -2.29. The van der Waals surface area contributed by atoms with E-state index in [1.165, 1.54) is 7.05 Å². The summed E-state index contributed by atoms with van der Waals surface area (Å²) in [5, 5.41) is 2.56. The largest absolute Gasteiger partial charge is 0.408 e. The molecule has 0 amide bonds. The van der Waals surface area contributed by atoms with Gasteiger partial charge in [-0.25, -0.2) is 4.98 Å². The third-order valence-electron chi connectivity index (χ3n) is 4.39. The van der Waals surface area contributed by atoms with E-state index >= 15 is 0 Å². The van der Waals surface area contributed by atoms with Gasteiger partial charge < -0.3 is 10.2 Å². The highest BCUT2D eigenvalue weighted by molar-refractivity contribution is 7.98. The number of rotatable bonds is 7. The maximum atomic E-state index is 13.2. The maximum Gasteiger partial charge on any atom is 0.408 e. The highest BCUT2D eigenvalue weighted by atomic mass is 35.5. The Morgan fingerprint density at radius 1 is 1.33 bits per heavy atom. The molecule has 1 aromatic carbocycles. The molecule has 0 saturated carbocycles. The summed E-state index contributed by atoms with van der Waals surface area (Å²) in [6.45, 7) is 2.77. The number of aromatic nitrogens is 2. The first-order valence-corrected chi connectivity index (χ1v) is 10.4. The lowest BCUT2D eigenvalue weighted by molar-refractivity contribution is -0.144. The van der Waals surface area contributed by atoms with E-state index in [9.17, 15) is 18.0 Å². The number of thioether (sulfide) groups is 1. The minimum Gasteiger partial charge on any atom is -0.346 e. The monoisotopic (exact) mass is 459 g/mol. The maximum absolute atomic E-state index is 13.2. The van der Waals surface area contributed by atoms with Crippen molar-refractivity contribution in [2.75, 3.05) is 23.5 Å². The van der Waals surface area contributed by atoms with Crippen LogP contribution in [0.15, 0.2) is 34.2 Å². The summed E-state index contributed by atoms with van der Waals surface area (Å²) >= 11 is 7.47. The third-order valence-corrected chi connectivity index (χ3v) is 5.30. The second-order valence-electron chi connectivity index (χ2n) is 6.40. The molecule has 0 spiro atoms. The molecule has 11 heteroatoms. The second kappa shape index (κ2) is 10.1. The average molecular weight is 460 g/mol. The minimum absolute atomic E-state index is 0.0627. The number of nitrogens with one attached hydrogen (secondary N) is 1. The van der Waals surface area contributed by atoms with Crippen LogP contribution in [0.25, 0.3) is 0 Å². The summed E-state index contributed by atoms with van der Waals surface area (Å²) in [6, 6.07) is 5.81. The van der Waals surface area contributed by atoms with Crippen molar-refractivity contribution in [1.29, 1.82) is 0 Å². The van der Waals surface area contributed by atoms with Crippen molar-refractivity contribution in [3.8, 4) is 0 Å². The van der Waals surface area contributed by atoms with Gasteiger partial charge in [-0.15, -0.1) is 11.8 Å². The van der Waals surface area contributed by atoms with Crippen LogP contribution in [0.2, 0.25) is 5.28 Å². The van der Waals surface area contributed by atoms with E-state index in [0.29, 0.717) is 6.29 Å². The van der Waals surface area contributed by atoms with Gasteiger partial charge in [-0.2, -0.15) is 18.2 Å². The molecular formula is C19H21ClF3N5OS. The molecule has 0 aliphatic heterocycles. The molecule has 0 bridgehead atoms. The first kappa shape index (κ1) is 23.9. The van der Waals surface area contributed by atoms with Gasteiger partial charge in [-0.3, -0.25) is 9.79 Å². The van der Waals surface area contributed by atoms with Crippen molar-refractivity contribution >= 4 is 47.0 Å². The fourth-order valence-electron chi connectivity index (χ4n) is 2.47. The summed E-state index contributed by atoms with van der Waals surface area (Å²) < 4.78 is 39.6. The van der Waals surface area contributed by atoms with Gasteiger partial charge >= 0.3 is 6.18 Å². The Balaban J connectivity index is 2.33. The topological polar surface area (TPSA) is 70.5 Å². The van der Waals surface area contributed by atoms with Gasteiger partial charge in [-0.05, 0) is 49.4 Å². The fourth-order valence-corrected chi connectivity index (χ4v) is 3.09. The quantitative estimate of drug-likeness (QED) is 0.212. The van der Waals surface area contributed by atoms with Crippen molar-refractivity contribution in [3.63, 3.8) is 0 Å². The molecule has 0 radical (unpaired) electrons. The van der Waals surface area contributed by atoms with E-state index in [2.05, 4.69) is 20.3 Å². The van der Waals surface area contributed by atoms with Crippen LogP contribution in [0.5, 0.6) is 0 Å². The number of hydrogen-bond acceptors (Lipinski definition) is 6. The zero-order valence-electron chi connectivity index (χ0n) is 16.8. The lowest BCUT2D eigenvalue weighted by Crippen LogP contribution is -2.42. The van der Waals surface area contributed by atoms with Crippen LogP contribution in [0, 0.1) is 6.92 Å². The van der Waals surface area contributed by atoms with Gasteiger partial charge in [0, 0.05) is 11.9 Å². The predicted molar refractivity (Wildman–Crippen MR) is 115 cm³/mol. The van der Waals surface area contributed by atoms with Crippen LogP contribution < -0.4 is 10.2 Å². The van der Waals surface area contributed by atoms with Crippen LogP contribution in [0.1, 0.15) is 18.2 Å². The Hall–Kier alpha value is -2.33. The number of aldehydes is 1. The molecule has 6 nitrogen and oxygen atoms in total. The van der Waals surface area contributed by atoms with Crippen LogP contribution in [0.3, 0.4) is 0 Å². The Morgan fingerprint density at radius 2 is 1.97 bits per heavy atom. The van der Waals surface area contributed by atoms with Crippen molar-refractivity contribution in [2.45, 2.75) is 37.5 Å². The SMILES string of the molecule is CSc1ccc(CN=C(C=O)Nc2c(C)nc(Cl)nc2N(C)[C@@H](C)C(F)(F)F)cc1. The molecule has 2 rings (SSSR count). The summed E-state index contributed by atoms with van der Waals surface area (Å²) in [5.74, 6) is -0.150. The van der Waals surface area contributed by atoms with E-state index < -0.39 is 12.2 Å². The molecule has 1 heterocycles. The molecule has 2 aromatic rings. The Morgan fingerprint density at radius 3 is 2.50 bits per heavy atom. The van der Waals surface area contributed by atoms with E-state index in [1.54, 1.807) is 18.7 Å². The lowest BCUT2D eigenvalue weighted by atomic mass is 10.2. The number of hydrogen-bond donors (Lipinski definition) is 1. The molecular weight excluding hydrogens is 439 g/mol. The van der Waals surface area contributed by atoms with Crippen LogP contribution >= 0.6 is 23.4 Å². The summed E-state index contributed by atoms with van der Waals surface area (Å²) in [6.07, 6.45) is -2.03. The van der Waals surface area contributed by atoms with E-state index in [0.717, 1.165) is 22.3 Å². The molecule has 162 valence electrons. The number of carbonyl (C=O) groups is 1. The molecule has 0 aliphatic rings. The Bertz CT molecular complexity index is 922. The van der Waals surface area contributed by atoms with Crippen LogP contribution in [-0.4, -0.2) is 47.6 Å².